The first kappa shape index (κ1) is 14.4. The van der Waals surface area contributed by atoms with Gasteiger partial charge < -0.3 is 14.4 Å². The van der Waals surface area contributed by atoms with Crippen LogP contribution >= 0.6 is 0 Å². The molecule has 0 radical (unpaired) electrons. The SMILES string of the molecule is COc1cc2c(cc1OC)-c1cc(N(C)C)nc(=O)n1CC2. The van der Waals surface area contributed by atoms with E-state index in [-0.39, 0.29) is 5.69 Å². The van der Waals surface area contributed by atoms with Crippen LogP contribution < -0.4 is 20.1 Å². The monoisotopic (exact) mass is 301 g/mol. The van der Waals surface area contributed by atoms with Crippen molar-refractivity contribution in [3.8, 4) is 22.8 Å². The van der Waals surface area contributed by atoms with Crippen LogP contribution in [0.4, 0.5) is 5.82 Å². The smallest absolute Gasteiger partial charge is 0.349 e. The number of hydrogen-bond acceptors (Lipinski definition) is 5. The lowest BCUT2D eigenvalue weighted by Gasteiger charge is -2.24. The van der Waals surface area contributed by atoms with E-state index in [1.807, 2.05) is 37.2 Å². The summed E-state index contributed by atoms with van der Waals surface area (Å²) in [6.07, 6.45) is 0.769. The van der Waals surface area contributed by atoms with Crippen molar-refractivity contribution >= 4 is 5.82 Å². The summed E-state index contributed by atoms with van der Waals surface area (Å²) >= 11 is 0. The molecule has 0 spiro atoms. The number of anilines is 1. The third-order valence-corrected chi connectivity index (χ3v) is 3.95. The van der Waals surface area contributed by atoms with Gasteiger partial charge in [-0.1, -0.05) is 0 Å². The van der Waals surface area contributed by atoms with Gasteiger partial charge in [-0.3, -0.25) is 4.57 Å². The second-order valence-corrected chi connectivity index (χ2v) is 5.44. The first-order chi connectivity index (χ1) is 10.5. The number of aryl methyl sites for hydroxylation is 1. The normalized spacial score (nSPS) is 12.4. The van der Waals surface area contributed by atoms with E-state index in [0.717, 1.165) is 23.2 Å². The Morgan fingerprint density at radius 3 is 2.45 bits per heavy atom. The number of aromatic nitrogens is 2. The summed E-state index contributed by atoms with van der Waals surface area (Å²) in [5.74, 6) is 2.02. The lowest BCUT2D eigenvalue weighted by atomic mass is 9.97. The van der Waals surface area contributed by atoms with Crippen molar-refractivity contribution in [2.75, 3.05) is 33.2 Å². The molecule has 0 atom stereocenters. The van der Waals surface area contributed by atoms with Crippen molar-refractivity contribution in [3.63, 3.8) is 0 Å². The molecule has 1 aliphatic heterocycles. The fraction of sp³-hybridized carbons (Fsp3) is 0.375. The average Bonchev–Trinajstić information content (AvgIpc) is 2.52. The molecule has 3 rings (SSSR count). The topological polar surface area (TPSA) is 56.6 Å². The highest BCUT2D eigenvalue weighted by atomic mass is 16.5. The van der Waals surface area contributed by atoms with Crippen LogP contribution in [0.2, 0.25) is 0 Å². The van der Waals surface area contributed by atoms with Gasteiger partial charge in [-0.05, 0) is 24.1 Å². The molecule has 22 heavy (non-hydrogen) atoms. The van der Waals surface area contributed by atoms with Crippen LogP contribution in [0.3, 0.4) is 0 Å². The van der Waals surface area contributed by atoms with E-state index in [9.17, 15) is 4.79 Å². The maximum atomic E-state index is 12.2. The van der Waals surface area contributed by atoms with Crippen LogP contribution in [0.15, 0.2) is 23.0 Å². The molecule has 0 saturated heterocycles. The molecule has 1 aliphatic rings. The second kappa shape index (κ2) is 5.36. The summed E-state index contributed by atoms with van der Waals surface area (Å²) < 4.78 is 12.5. The minimum absolute atomic E-state index is 0.221. The largest absolute Gasteiger partial charge is 0.493 e. The highest BCUT2D eigenvalue weighted by Gasteiger charge is 2.21. The van der Waals surface area contributed by atoms with E-state index >= 15 is 0 Å². The van der Waals surface area contributed by atoms with Crippen molar-refractivity contribution in [2.45, 2.75) is 13.0 Å². The van der Waals surface area contributed by atoms with E-state index in [4.69, 9.17) is 9.47 Å². The molecule has 0 aliphatic carbocycles. The van der Waals surface area contributed by atoms with Gasteiger partial charge in [0.1, 0.15) is 5.82 Å². The maximum absolute atomic E-state index is 12.2. The minimum Gasteiger partial charge on any atom is -0.493 e. The molecule has 6 nitrogen and oxygen atoms in total. The van der Waals surface area contributed by atoms with Crippen molar-refractivity contribution in [2.24, 2.45) is 0 Å². The molecule has 116 valence electrons. The summed E-state index contributed by atoms with van der Waals surface area (Å²) in [6.45, 7) is 0.622. The zero-order valence-electron chi connectivity index (χ0n) is 13.2. The van der Waals surface area contributed by atoms with Crippen LogP contribution in [-0.4, -0.2) is 37.9 Å². The minimum atomic E-state index is -0.221. The molecule has 6 heteroatoms. The predicted octanol–water partition coefficient (Wildman–Crippen LogP) is 1.55. The van der Waals surface area contributed by atoms with Gasteiger partial charge in [0.15, 0.2) is 11.5 Å². The summed E-state index contributed by atoms with van der Waals surface area (Å²) in [5.41, 5.74) is 2.78. The van der Waals surface area contributed by atoms with Gasteiger partial charge in [-0.15, -0.1) is 0 Å². The summed E-state index contributed by atoms with van der Waals surface area (Å²) in [5, 5.41) is 0. The first-order valence-corrected chi connectivity index (χ1v) is 7.09. The lowest BCUT2D eigenvalue weighted by Crippen LogP contribution is -2.30. The lowest BCUT2D eigenvalue weighted by molar-refractivity contribution is 0.354. The van der Waals surface area contributed by atoms with Crippen LogP contribution in [0, 0.1) is 0 Å². The van der Waals surface area contributed by atoms with Crippen LogP contribution in [0.25, 0.3) is 11.3 Å². The first-order valence-electron chi connectivity index (χ1n) is 7.09. The Bertz CT molecular complexity index is 781. The van der Waals surface area contributed by atoms with Gasteiger partial charge in [-0.2, -0.15) is 4.98 Å². The highest BCUT2D eigenvalue weighted by molar-refractivity contribution is 5.72. The van der Waals surface area contributed by atoms with Crippen molar-refractivity contribution < 1.29 is 9.47 Å². The molecule has 0 fully saturated rings. The van der Waals surface area contributed by atoms with Gasteiger partial charge >= 0.3 is 5.69 Å². The second-order valence-electron chi connectivity index (χ2n) is 5.44. The number of rotatable bonds is 3. The molecule has 2 aromatic rings. The van der Waals surface area contributed by atoms with Crippen LogP contribution in [0.1, 0.15) is 5.56 Å². The molecule has 1 aromatic heterocycles. The van der Waals surface area contributed by atoms with Crippen molar-refractivity contribution in [3.05, 3.63) is 34.2 Å². The molecule has 0 unspecified atom stereocenters. The molecule has 0 saturated carbocycles. The predicted molar refractivity (Wildman–Crippen MR) is 85.1 cm³/mol. The Labute approximate surface area is 128 Å². The number of fused-ring (bicyclic) bond motifs is 3. The molecule has 0 amide bonds. The molecule has 0 N–H and O–H groups in total. The van der Waals surface area contributed by atoms with E-state index in [1.54, 1.807) is 18.8 Å². The Balaban J connectivity index is 2.26. The van der Waals surface area contributed by atoms with E-state index < -0.39 is 0 Å². The van der Waals surface area contributed by atoms with Crippen molar-refractivity contribution in [1.82, 2.24) is 9.55 Å². The third-order valence-electron chi connectivity index (χ3n) is 3.95. The Morgan fingerprint density at radius 1 is 1.14 bits per heavy atom. The van der Waals surface area contributed by atoms with Gasteiger partial charge in [0.05, 0.1) is 19.9 Å². The maximum Gasteiger partial charge on any atom is 0.349 e. The molecule has 0 bridgehead atoms. The zero-order chi connectivity index (χ0) is 15.9. The number of nitrogens with zero attached hydrogens (tertiary/aromatic N) is 3. The van der Waals surface area contributed by atoms with Crippen LogP contribution in [0.5, 0.6) is 11.5 Å². The Hall–Kier alpha value is -2.50. The number of methoxy groups -OCH3 is 2. The van der Waals surface area contributed by atoms with Gasteiger partial charge in [0.2, 0.25) is 0 Å². The Morgan fingerprint density at radius 2 is 1.82 bits per heavy atom. The van der Waals surface area contributed by atoms with Gasteiger partial charge in [0.25, 0.3) is 0 Å². The summed E-state index contributed by atoms with van der Waals surface area (Å²) in [6, 6.07) is 5.85. The average molecular weight is 301 g/mol. The zero-order valence-corrected chi connectivity index (χ0v) is 13.2. The fourth-order valence-corrected chi connectivity index (χ4v) is 2.76. The molecule has 2 heterocycles. The standard InChI is InChI=1S/C16H19N3O3/c1-18(2)15-9-12-11-8-14(22-4)13(21-3)7-10(11)5-6-19(12)16(20)17-15/h7-9H,5-6H2,1-4H3. The number of ether oxygens (including phenoxy) is 2. The third kappa shape index (κ3) is 2.20. The fourth-order valence-electron chi connectivity index (χ4n) is 2.76. The number of hydrogen-bond donors (Lipinski definition) is 0. The molecular formula is C16H19N3O3. The molecule has 1 aromatic carbocycles. The highest BCUT2D eigenvalue weighted by Crippen LogP contribution is 2.38. The van der Waals surface area contributed by atoms with E-state index in [2.05, 4.69) is 4.98 Å². The Kier molecular flexibility index (Phi) is 3.52. The molecular weight excluding hydrogens is 282 g/mol. The van der Waals surface area contributed by atoms with Crippen molar-refractivity contribution in [1.29, 1.82) is 0 Å². The van der Waals surface area contributed by atoms with E-state index in [0.29, 0.717) is 23.9 Å². The van der Waals surface area contributed by atoms with Gasteiger partial charge in [0, 0.05) is 32.3 Å². The summed E-state index contributed by atoms with van der Waals surface area (Å²) in [7, 11) is 6.98. The number of benzene rings is 1. The van der Waals surface area contributed by atoms with Crippen LogP contribution in [-0.2, 0) is 13.0 Å². The summed E-state index contributed by atoms with van der Waals surface area (Å²) in [4.78, 5) is 18.2. The quantitative estimate of drug-likeness (QED) is 0.861. The van der Waals surface area contributed by atoms with E-state index in [1.165, 1.54) is 0 Å². The van der Waals surface area contributed by atoms with Gasteiger partial charge in [-0.25, -0.2) is 4.79 Å².